The van der Waals surface area contributed by atoms with Crippen molar-refractivity contribution in [3.63, 3.8) is 0 Å². The van der Waals surface area contributed by atoms with E-state index in [0.29, 0.717) is 30.2 Å². The van der Waals surface area contributed by atoms with E-state index in [9.17, 15) is 4.79 Å². The molecule has 0 aliphatic carbocycles. The van der Waals surface area contributed by atoms with Crippen molar-refractivity contribution in [2.75, 3.05) is 5.32 Å². The number of amides is 1. The van der Waals surface area contributed by atoms with Crippen molar-refractivity contribution in [3.8, 4) is 0 Å². The molecule has 2 fully saturated rings. The maximum absolute atomic E-state index is 12.0. The smallest absolute Gasteiger partial charge is 0.225 e. The van der Waals surface area contributed by atoms with Gasteiger partial charge in [0.25, 0.3) is 0 Å². The van der Waals surface area contributed by atoms with Crippen molar-refractivity contribution >= 4 is 11.7 Å². The summed E-state index contributed by atoms with van der Waals surface area (Å²) < 4.78 is 0. The second-order valence-electron chi connectivity index (χ2n) is 5.95. The van der Waals surface area contributed by atoms with Crippen molar-refractivity contribution in [2.45, 2.75) is 51.1 Å². The first-order valence-electron chi connectivity index (χ1n) is 7.17. The summed E-state index contributed by atoms with van der Waals surface area (Å²) in [6.45, 7) is 1.99. The van der Waals surface area contributed by atoms with Crippen LogP contribution < -0.4 is 10.6 Å². The molecule has 1 aromatic heterocycles. The van der Waals surface area contributed by atoms with Gasteiger partial charge in [-0.2, -0.15) is 0 Å². The average Bonchev–Trinajstić information content (AvgIpc) is 2.72. The van der Waals surface area contributed by atoms with Gasteiger partial charge in [0, 0.05) is 24.7 Å². The van der Waals surface area contributed by atoms with Gasteiger partial charge in [0.15, 0.2) is 0 Å². The maximum Gasteiger partial charge on any atom is 0.225 e. The van der Waals surface area contributed by atoms with Crippen LogP contribution in [0.3, 0.4) is 0 Å². The van der Waals surface area contributed by atoms with E-state index < -0.39 is 0 Å². The Hall–Kier alpha value is -1.42. The van der Waals surface area contributed by atoms with Gasteiger partial charge in [-0.1, -0.05) is 6.07 Å². The molecule has 2 aliphatic rings. The Kier molecular flexibility index (Phi) is 3.51. The molecule has 0 spiro atoms. The normalized spacial score (nSPS) is 29.2. The highest BCUT2D eigenvalue weighted by atomic mass is 16.1. The summed E-state index contributed by atoms with van der Waals surface area (Å²) in [4.78, 5) is 16.2. The summed E-state index contributed by atoms with van der Waals surface area (Å²) in [6, 6.07) is 5.12. The lowest BCUT2D eigenvalue weighted by atomic mass is 9.89. The van der Waals surface area contributed by atoms with Crippen LogP contribution in [0.4, 0.5) is 5.82 Å². The lowest BCUT2D eigenvalue weighted by molar-refractivity contribution is -0.117. The van der Waals surface area contributed by atoms with E-state index >= 15 is 0 Å². The van der Waals surface area contributed by atoms with Crippen LogP contribution >= 0.6 is 0 Å². The highest BCUT2D eigenvalue weighted by Crippen LogP contribution is 2.32. The molecule has 0 radical (unpaired) electrons. The molecule has 4 nitrogen and oxygen atoms in total. The number of hydrogen-bond donors (Lipinski definition) is 2. The third-order valence-electron chi connectivity index (χ3n) is 4.22. The molecule has 4 heteroatoms. The summed E-state index contributed by atoms with van der Waals surface area (Å²) >= 11 is 0. The van der Waals surface area contributed by atoms with Gasteiger partial charge in [-0.3, -0.25) is 4.79 Å². The Morgan fingerprint density at radius 1 is 1.37 bits per heavy atom. The molecule has 19 heavy (non-hydrogen) atoms. The number of nitrogens with zero attached hydrogens (tertiary/aromatic N) is 1. The molecule has 0 saturated carbocycles. The van der Waals surface area contributed by atoms with Crippen LogP contribution in [0.5, 0.6) is 0 Å². The van der Waals surface area contributed by atoms with Crippen LogP contribution in [0.2, 0.25) is 0 Å². The lowest BCUT2D eigenvalue weighted by Gasteiger charge is -2.28. The minimum atomic E-state index is 0.0997. The number of aryl methyl sites for hydroxylation is 1. The predicted octanol–water partition coefficient (Wildman–Crippen LogP) is 2.25. The first-order chi connectivity index (χ1) is 9.19. The molecule has 2 saturated heterocycles. The molecule has 2 N–H and O–H groups in total. The van der Waals surface area contributed by atoms with Crippen LogP contribution in [-0.4, -0.2) is 23.0 Å². The molecule has 2 atom stereocenters. The summed E-state index contributed by atoms with van der Waals surface area (Å²) in [7, 11) is 0. The fraction of sp³-hybridized carbons (Fsp3) is 0.600. The van der Waals surface area contributed by atoms with Crippen LogP contribution in [0.25, 0.3) is 0 Å². The van der Waals surface area contributed by atoms with Crippen molar-refractivity contribution in [2.24, 2.45) is 5.92 Å². The molecule has 2 bridgehead atoms. The largest absolute Gasteiger partial charge is 0.311 e. The first-order valence-corrected chi connectivity index (χ1v) is 7.17. The SMILES string of the molecule is Cc1ccc(NC(=O)CC2CC3CCC(C2)N3)nc1. The van der Waals surface area contributed by atoms with Gasteiger partial charge in [0.1, 0.15) is 5.82 Å². The molecule has 2 unspecified atom stereocenters. The lowest BCUT2D eigenvalue weighted by Crippen LogP contribution is -2.39. The molecule has 102 valence electrons. The first kappa shape index (κ1) is 12.6. The number of nitrogens with one attached hydrogen (secondary N) is 2. The minimum absolute atomic E-state index is 0.0997. The Balaban J connectivity index is 1.52. The van der Waals surface area contributed by atoms with Gasteiger partial charge in [0.2, 0.25) is 5.91 Å². The number of aromatic nitrogens is 1. The Morgan fingerprint density at radius 3 is 2.74 bits per heavy atom. The second kappa shape index (κ2) is 5.29. The van der Waals surface area contributed by atoms with Crippen molar-refractivity contribution in [1.29, 1.82) is 0 Å². The molecule has 1 amide bonds. The van der Waals surface area contributed by atoms with E-state index in [4.69, 9.17) is 0 Å². The van der Waals surface area contributed by atoms with Crippen LogP contribution in [0, 0.1) is 12.8 Å². The molecule has 3 rings (SSSR count). The van der Waals surface area contributed by atoms with Gasteiger partial charge in [-0.15, -0.1) is 0 Å². The second-order valence-corrected chi connectivity index (χ2v) is 5.95. The van der Waals surface area contributed by atoms with Crippen LogP contribution in [0.1, 0.15) is 37.7 Å². The number of carbonyl (C=O) groups excluding carboxylic acids is 1. The minimum Gasteiger partial charge on any atom is -0.311 e. The standard InChI is InChI=1S/C15H21N3O/c1-10-2-5-14(16-9-10)18-15(19)8-11-6-12-3-4-13(7-11)17-12/h2,5,9,11-13,17H,3-4,6-8H2,1H3,(H,16,18,19). The van der Waals surface area contributed by atoms with E-state index in [2.05, 4.69) is 15.6 Å². The topological polar surface area (TPSA) is 54.0 Å². The number of rotatable bonds is 3. The Bertz CT molecular complexity index is 445. The zero-order chi connectivity index (χ0) is 13.2. The van der Waals surface area contributed by atoms with E-state index in [1.165, 1.54) is 12.8 Å². The van der Waals surface area contributed by atoms with E-state index in [1.54, 1.807) is 6.20 Å². The molecule has 1 aromatic rings. The summed E-state index contributed by atoms with van der Waals surface area (Å²) in [6.07, 6.45) is 7.26. The van der Waals surface area contributed by atoms with E-state index in [-0.39, 0.29) is 5.91 Å². The summed E-state index contributed by atoms with van der Waals surface area (Å²) in [5.74, 6) is 1.29. The van der Waals surface area contributed by atoms with E-state index in [1.807, 2.05) is 19.1 Å². The number of carbonyl (C=O) groups is 1. The Labute approximate surface area is 114 Å². The maximum atomic E-state index is 12.0. The van der Waals surface area contributed by atoms with Gasteiger partial charge in [-0.25, -0.2) is 4.98 Å². The highest BCUT2D eigenvalue weighted by Gasteiger charge is 2.34. The monoisotopic (exact) mass is 259 g/mol. The third-order valence-corrected chi connectivity index (χ3v) is 4.22. The van der Waals surface area contributed by atoms with Crippen molar-refractivity contribution in [1.82, 2.24) is 10.3 Å². The molecule has 2 aliphatic heterocycles. The number of piperidine rings is 1. The summed E-state index contributed by atoms with van der Waals surface area (Å²) in [5.41, 5.74) is 1.10. The number of hydrogen-bond acceptors (Lipinski definition) is 3. The van der Waals surface area contributed by atoms with E-state index in [0.717, 1.165) is 18.4 Å². The fourth-order valence-corrected chi connectivity index (χ4v) is 3.34. The number of anilines is 1. The summed E-state index contributed by atoms with van der Waals surface area (Å²) in [5, 5.41) is 6.50. The number of pyridine rings is 1. The molecule has 0 aromatic carbocycles. The molecular weight excluding hydrogens is 238 g/mol. The highest BCUT2D eigenvalue weighted by molar-refractivity contribution is 5.89. The van der Waals surface area contributed by atoms with Crippen molar-refractivity contribution in [3.05, 3.63) is 23.9 Å². The molecular formula is C15H21N3O. The fourth-order valence-electron chi connectivity index (χ4n) is 3.34. The van der Waals surface area contributed by atoms with Crippen molar-refractivity contribution < 1.29 is 4.79 Å². The average molecular weight is 259 g/mol. The molecule has 3 heterocycles. The van der Waals surface area contributed by atoms with Gasteiger partial charge < -0.3 is 10.6 Å². The van der Waals surface area contributed by atoms with Gasteiger partial charge in [-0.05, 0) is 50.2 Å². The zero-order valence-corrected chi connectivity index (χ0v) is 11.4. The van der Waals surface area contributed by atoms with Crippen LogP contribution in [-0.2, 0) is 4.79 Å². The number of fused-ring (bicyclic) bond motifs is 2. The Morgan fingerprint density at radius 2 is 2.11 bits per heavy atom. The predicted molar refractivity (Wildman–Crippen MR) is 74.9 cm³/mol. The third kappa shape index (κ3) is 3.13. The van der Waals surface area contributed by atoms with Crippen LogP contribution in [0.15, 0.2) is 18.3 Å². The van der Waals surface area contributed by atoms with Gasteiger partial charge in [0.05, 0.1) is 0 Å². The zero-order valence-electron chi connectivity index (χ0n) is 11.4. The van der Waals surface area contributed by atoms with Gasteiger partial charge >= 0.3 is 0 Å². The quantitative estimate of drug-likeness (QED) is 0.875.